The van der Waals surface area contributed by atoms with Crippen LogP contribution in [0.5, 0.6) is 5.75 Å². The fraction of sp³-hybridized carbons (Fsp3) is 0.632. The van der Waals surface area contributed by atoms with Crippen LogP contribution in [0.25, 0.3) is 0 Å². The number of hydrogen-bond acceptors (Lipinski definition) is 5. The molecule has 1 N–H and O–H groups in total. The van der Waals surface area contributed by atoms with E-state index in [9.17, 15) is 13.2 Å². The van der Waals surface area contributed by atoms with Crippen LogP contribution in [0.3, 0.4) is 0 Å². The minimum atomic E-state index is -3.69. The predicted octanol–water partition coefficient (Wildman–Crippen LogP) is 2.29. The number of nitrogens with one attached hydrogen (secondary N) is 1. The second-order valence-corrected chi connectivity index (χ2v) is 9.19. The van der Waals surface area contributed by atoms with E-state index in [2.05, 4.69) is 10.2 Å². The monoisotopic (exact) mass is 395 g/mol. The summed E-state index contributed by atoms with van der Waals surface area (Å²) in [5.41, 5.74) is 0.447. The van der Waals surface area contributed by atoms with Crippen molar-refractivity contribution in [1.82, 2.24) is 9.21 Å². The number of carbonyl (C=O) groups excluding carboxylic acids is 1. The van der Waals surface area contributed by atoms with E-state index in [-0.39, 0.29) is 10.8 Å². The molecule has 2 aliphatic rings. The van der Waals surface area contributed by atoms with Gasteiger partial charge in [-0.3, -0.25) is 9.69 Å². The summed E-state index contributed by atoms with van der Waals surface area (Å²) in [6.07, 6.45) is 6.31. The number of carbonyl (C=O) groups is 1. The van der Waals surface area contributed by atoms with Crippen LogP contribution < -0.4 is 10.1 Å². The first-order valence-electron chi connectivity index (χ1n) is 9.61. The Bertz CT molecular complexity index is 767. The number of methoxy groups -OCH3 is 1. The maximum atomic E-state index is 13.2. The van der Waals surface area contributed by atoms with Gasteiger partial charge in [-0.25, -0.2) is 8.42 Å². The molecule has 1 aromatic rings. The van der Waals surface area contributed by atoms with Gasteiger partial charge in [-0.1, -0.05) is 19.3 Å². The molecular formula is C19H29N3O4S. The molecule has 150 valence electrons. The van der Waals surface area contributed by atoms with Gasteiger partial charge in [0.25, 0.3) is 0 Å². The number of sulfonamides is 1. The molecule has 0 unspecified atom stereocenters. The molecule has 8 heteroatoms. The molecule has 1 saturated carbocycles. The molecule has 27 heavy (non-hydrogen) atoms. The van der Waals surface area contributed by atoms with E-state index in [1.807, 2.05) is 0 Å². The van der Waals surface area contributed by atoms with Gasteiger partial charge in [0.15, 0.2) is 0 Å². The predicted molar refractivity (Wildman–Crippen MR) is 105 cm³/mol. The number of amides is 1. The summed E-state index contributed by atoms with van der Waals surface area (Å²) in [6, 6.07) is 5.29. The first-order chi connectivity index (χ1) is 12.9. The van der Waals surface area contributed by atoms with Crippen molar-refractivity contribution in [1.29, 1.82) is 0 Å². The molecule has 1 aromatic carbocycles. The van der Waals surface area contributed by atoms with Crippen LogP contribution in [0.4, 0.5) is 5.69 Å². The Morgan fingerprint density at radius 2 is 1.78 bits per heavy atom. The number of rotatable bonds is 5. The molecule has 1 saturated heterocycles. The summed E-state index contributed by atoms with van der Waals surface area (Å²) in [5, 5.41) is 2.64. The molecule has 1 aliphatic heterocycles. The minimum Gasteiger partial charge on any atom is -0.495 e. The first kappa shape index (κ1) is 20.1. The first-order valence-corrected chi connectivity index (χ1v) is 11.1. The van der Waals surface area contributed by atoms with Crippen molar-refractivity contribution in [2.24, 2.45) is 0 Å². The molecule has 0 spiro atoms. The molecule has 7 nitrogen and oxygen atoms in total. The van der Waals surface area contributed by atoms with E-state index in [0.717, 1.165) is 13.1 Å². The molecule has 0 radical (unpaired) electrons. The van der Waals surface area contributed by atoms with Gasteiger partial charge in [0.1, 0.15) is 10.6 Å². The van der Waals surface area contributed by atoms with Gasteiger partial charge < -0.3 is 10.1 Å². The summed E-state index contributed by atoms with van der Waals surface area (Å²) in [6.45, 7) is 3.87. The minimum absolute atomic E-state index is 0.0994. The largest absolute Gasteiger partial charge is 0.495 e. The third kappa shape index (κ3) is 4.62. The number of hydrogen-bond donors (Lipinski definition) is 1. The Hall–Kier alpha value is -1.64. The Balaban J connectivity index is 1.75. The zero-order chi connectivity index (χ0) is 19.4. The Kier molecular flexibility index (Phi) is 6.39. The molecule has 2 fully saturated rings. The van der Waals surface area contributed by atoms with Crippen molar-refractivity contribution < 1.29 is 17.9 Å². The van der Waals surface area contributed by atoms with Gasteiger partial charge in [0, 0.05) is 44.8 Å². The van der Waals surface area contributed by atoms with E-state index >= 15 is 0 Å². The van der Waals surface area contributed by atoms with E-state index < -0.39 is 10.0 Å². The van der Waals surface area contributed by atoms with Crippen molar-refractivity contribution in [3.63, 3.8) is 0 Å². The molecule has 3 rings (SSSR count). The van der Waals surface area contributed by atoms with Crippen molar-refractivity contribution in [2.45, 2.75) is 50.0 Å². The maximum absolute atomic E-state index is 13.2. The second kappa shape index (κ2) is 8.58. The van der Waals surface area contributed by atoms with Crippen molar-refractivity contribution in [2.75, 3.05) is 38.6 Å². The van der Waals surface area contributed by atoms with Gasteiger partial charge in [-0.15, -0.1) is 0 Å². The second-order valence-electron chi connectivity index (χ2n) is 7.28. The van der Waals surface area contributed by atoms with Gasteiger partial charge in [-0.05, 0) is 31.0 Å². The van der Waals surface area contributed by atoms with Gasteiger partial charge in [-0.2, -0.15) is 4.31 Å². The molecule has 1 heterocycles. The van der Waals surface area contributed by atoms with Crippen LogP contribution in [-0.2, 0) is 14.8 Å². The molecular weight excluding hydrogens is 366 g/mol. The number of anilines is 1. The van der Waals surface area contributed by atoms with Crippen molar-refractivity contribution in [3.8, 4) is 5.75 Å². The lowest BCUT2D eigenvalue weighted by molar-refractivity contribution is -0.114. The zero-order valence-corrected chi connectivity index (χ0v) is 16.9. The zero-order valence-electron chi connectivity index (χ0n) is 16.1. The Labute approximate surface area is 161 Å². The van der Waals surface area contributed by atoms with Crippen LogP contribution in [0.15, 0.2) is 23.1 Å². The molecule has 0 aromatic heterocycles. The number of ether oxygens (including phenoxy) is 1. The third-order valence-corrected chi connectivity index (χ3v) is 7.39. The molecule has 0 atom stereocenters. The number of nitrogens with zero attached hydrogens (tertiary/aromatic N) is 2. The van der Waals surface area contributed by atoms with E-state index in [0.29, 0.717) is 30.6 Å². The topological polar surface area (TPSA) is 78.9 Å². The van der Waals surface area contributed by atoms with Crippen molar-refractivity contribution in [3.05, 3.63) is 18.2 Å². The SMILES string of the molecule is COc1ccc(NC(C)=O)cc1S(=O)(=O)N1CCN(C2CCCCC2)CC1. The number of piperazine rings is 1. The highest BCUT2D eigenvalue weighted by Crippen LogP contribution is 2.31. The van der Waals surface area contributed by atoms with Crippen LogP contribution >= 0.6 is 0 Å². The fourth-order valence-electron chi connectivity index (χ4n) is 4.05. The highest BCUT2D eigenvalue weighted by Gasteiger charge is 2.33. The van der Waals surface area contributed by atoms with E-state index in [1.165, 1.54) is 56.5 Å². The average molecular weight is 396 g/mol. The van der Waals surface area contributed by atoms with E-state index in [4.69, 9.17) is 4.74 Å². The normalized spacial score (nSPS) is 20.4. The van der Waals surface area contributed by atoms with Crippen LogP contribution in [0.2, 0.25) is 0 Å². The lowest BCUT2D eigenvalue weighted by atomic mass is 9.94. The molecule has 1 aliphatic carbocycles. The Morgan fingerprint density at radius 3 is 2.37 bits per heavy atom. The summed E-state index contributed by atoms with van der Waals surface area (Å²) in [5.74, 6) is 0.0448. The van der Waals surface area contributed by atoms with E-state index in [1.54, 1.807) is 12.1 Å². The van der Waals surface area contributed by atoms with Crippen LogP contribution in [-0.4, -0.2) is 62.9 Å². The summed E-state index contributed by atoms with van der Waals surface area (Å²) >= 11 is 0. The molecule has 1 amide bonds. The summed E-state index contributed by atoms with van der Waals surface area (Å²) in [4.78, 5) is 13.8. The number of benzene rings is 1. The lowest BCUT2D eigenvalue weighted by Crippen LogP contribution is -2.52. The smallest absolute Gasteiger partial charge is 0.246 e. The standard InChI is InChI=1S/C19H29N3O4S/c1-15(23)20-16-8-9-18(26-2)19(14-16)27(24,25)22-12-10-21(11-13-22)17-6-4-3-5-7-17/h8-9,14,17H,3-7,10-13H2,1-2H3,(H,20,23). The van der Waals surface area contributed by atoms with Gasteiger partial charge in [0.2, 0.25) is 15.9 Å². The van der Waals surface area contributed by atoms with Crippen LogP contribution in [0, 0.1) is 0 Å². The summed E-state index contributed by atoms with van der Waals surface area (Å²) in [7, 11) is -2.24. The summed E-state index contributed by atoms with van der Waals surface area (Å²) < 4.78 is 33.2. The highest BCUT2D eigenvalue weighted by molar-refractivity contribution is 7.89. The third-order valence-electron chi connectivity index (χ3n) is 5.47. The van der Waals surface area contributed by atoms with Crippen molar-refractivity contribution >= 4 is 21.6 Å². The molecule has 0 bridgehead atoms. The average Bonchev–Trinajstić information content (AvgIpc) is 2.68. The Morgan fingerprint density at radius 1 is 1.11 bits per heavy atom. The van der Waals surface area contributed by atoms with Gasteiger partial charge in [0.05, 0.1) is 7.11 Å². The maximum Gasteiger partial charge on any atom is 0.246 e. The quantitative estimate of drug-likeness (QED) is 0.828. The lowest BCUT2D eigenvalue weighted by Gasteiger charge is -2.40. The van der Waals surface area contributed by atoms with Gasteiger partial charge >= 0.3 is 0 Å². The highest BCUT2D eigenvalue weighted by atomic mass is 32.2. The van der Waals surface area contributed by atoms with Crippen LogP contribution in [0.1, 0.15) is 39.0 Å². The fourth-order valence-corrected chi connectivity index (χ4v) is 5.66.